The van der Waals surface area contributed by atoms with Crippen molar-refractivity contribution < 1.29 is 89.4 Å². The first-order chi connectivity index (χ1) is 37.8. The molecular formula is C59H107NO18. The lowest BCUT2D eigenvalue weighted by Crippen LogP contribution is -2.66. The fourth-order valence-corrected chi connectivity index (χ4v) is 10.2. The molecule has 0 bridgehead atoms. The van der Waals surface area contributed by atoms with Gasteiger partial charge in [-0.25, -0.2) is 0 Å². The van der Waals surface area contributed by atoms with Crippen LogP contribution in [0.25, 0.3) is 0 Å². The molecule has 17 atom stereocenters. The summed E-state index contributed by atoms with van der Waals surface area (Å²) < 4.78 is 34.2. The van der Waals surface area contributed by atoms with Gasteiger partial charge in [0.2, 0.25) is 5.91 Å². The quantitative estimate of drug-likeness (QED) is 0.0271. The zero-order valence-electron chi connectivity index (χ0n) is 47.4. The monoisotopic (exact) mass is 1120 g/mol. The lowest BCUT2D eigenvalue weighted by molar-refractivity contribution is -0.379. The molecule has 3 aliphatic heterocycles. The molecule has 1 amide bonds. The van der Waals surface area contributed by atoms with Gasteiger partial charge in [-0.1, -0.05) is 185 Å². The smallest absolute Gasteiger partial charge is 0.220 e. The molecule has 78 heavy (non-hydrogen) atoms. The molecule has 0 radical (unpaired) electrons. The lowest BCUT2D eigenvalue weighted by Gasteiger charge is -2.48. The van der Waals surface area contributed by atoms with Gasteiger partial charge < -0.3 is 89.9 Å². The number of carbonyl (C=O) groups excluding carboxylic acids is 1. The molecule has 0 spiro atoms. The van der Waals surface area contributed by atoms with Gasteiger partial charge in [0, 0.05) is 6.42 Å². The fraction of sp³-hybridized carbons (Fsp3) is 0.881. The number of aliphatic hydroxyl groups excluding tert-OH is 11. The van der Waals surface area contributed by atoms with E-state index in [1.165, 1.54) is 122 Å². The van der Waals surface area contributed by atoms with Crippen molar-refractivity contribution in [1.29, 1.82) is 0 Å². The van der Waals surface area contributed by atoms with Crippen LogP contribution < -0.4 is 5.32 Å². The highest BCUT2D eigenvalue weighted by molar-refractivity contribution is 5.76. The number of unbranched alkanes of at least 4 members (excludes halogenated alkanes) is 24. The van der Waals surface area contributed by atoms with E-state index in [0.717, 1.165) is 44.9 Å². The van der Waals surface area contributed by atoms with E-state index >= 15 is 0 Å². The van der Waals surface area contributed by atoms with Gasteiger partial charge in [-0.15, -0.1) is 0 Å². The van der Waals surface area contributed by atoms with Gasteiger partial charge in [0.15, 0.2) is 18.9 Å². The average Bonchev–Trinajstić information content (AvgIpc) is 3.45. The van der Waals surface area contributed by atoms with E-state index in [1.54, 1.807) is 6.08 Å². The molecule has 19 heteroatoms. The number of carbonyl (C=O) groups is 1. The molecule has 0 aromatic carbocycles. The van der Waals surface area contributed by atoms with Crippen LogP contribution >= 0.6 is 0 Å². The number of hydrogen-bond acceptors (Lipinski definition) is 18. The van der Waals surface area contributed by atoms with Crippen molar-refractivity contribution in [2.24, 2.45) is 0 Å². The van der Waals surface area contributed by atoms with E-state index in [-0.39, 0.29) is 18.9 Å². The zero-order chi connectivity index (χ0) is 56.9. The van der Waals surface area contributed by atoms with Crippen molar-refractivity contribution in [3.8, 4) is 0 Å². The van der Waals surface area contributed by atoms with Crippen molar-refractivity contribution in [2.75, 3.05) is 26.4 Å². The summed E-state index contributed by atoms with van der Waals surface area (Å²) >= 11 is 0. The molecule has 12 N–H and O–H groups in total. The van der Waals surface area contributed by atoms with E-state index in [1.807, 2.05) is 6.08 Å². The average molecular weight is 1120 g/mol. The highest BCUT2D eigenvalue weighted by atomic mass is 16.8. The number of aliphatic hydroxyl groups is 11. The van der Waals surface area contributed by atoms with Crippen molar-refractivity contribution in [2.45, 2.75) is 304 Å². The first-order valence-electron chi connectivity index (χ1n) is 30.2. The Hall–Kier alpha value is -1.99. The van der Waals surface area contributed by atoms with Crippen LogP contribution in [0.1, 0.15) is 200 Å². The van der Waals surface area contributed by atoms with Gasteiger partial charge in [0.05, 0.1) is 38.6 Å². The van der Waals surface area contributed by atoms with Crippen LogP contribution in [0.4, 0.5) is 0 Å². The van der Waals surface area contributed by atoms with Crippen LogP contribution in [0.2, 0.25) is 0 Å². The molecule has 17 unspecified atom stereocenters. The SMILES string of the molecule is CCCCCCCC/C=C/CC/C=C/CC/C=C/C(O)C(COC1OC(CO)C(OC2OC(CO)C(OC3OC(CO)C(O)C(O)C3O)C(O)C2O)C(O)C1O)NC(=O)CCCCCCCCCCCCCCCCCCC. The number of hydrogen-bond donors (Lipinski definition) is 12. The standard InChI is InChI=1S/C59H107NO18/c1-3-5-7-9-11-13-15-17-19-21-23-25-27-29-31-33-35-37-47(65)60-42(43(64)36-34-32-30-28-26-24-22-20-18-16-14-12-10-8-6-4-2)41-73-57-53(71)50(68)55(45(39-62)75-57)78-59-54(72)51(69)56(46(40-63)76-59)77-58-52(70)49(67)48(66)44(38-61)74-58/h18,20,26,28,34,36,42-46,48-59,61-64,66-72H,3-17,19,21-25,27,29-33,35,37-41H2,1-2H3,(H,60,65)/b20-18+,28-26+,36-34+. The molecule has 3 heterocycles. The number of ether oxygens (including phenoxy) is 6. The fourth-order valence-electron chi connectivity index (χ4n) is 10.2. The summed E-state index contributed by atoms with van der Waals surface area (Å²) in [6, 6.07) is -0.992. The summed E-state index contributed by atoms with van der Waals surface area (Å²) in [5.41, 5.74) is 0. The Kier molecular flexibility index (Phi) is 38.5. The normalized spacial score (nSPS) is 30.7. The Morgan fingerprint density at radius 1 is 0.449 bits per heavy atom. The third-order valence-corrected chi connectivity index (χ3v) is 15.2. The highest BCUT2D eigenvalue weighted by Crippen LogP contribution is 2.33. The van der Waals surface area contributed by atoms with Gasteiger partial charge in [0.1, 0.15) is 73.2 Å². The molecule has 0 aromatic rings. The second-order valence-electron chi connectivity index (χ2n) is 21.8. The number of amides is 1. The molecule has 3 saturated heterocycles. The zero-order valence-corrected chi connectivity index (χ0v) is 47.4. The summed E-state index contributed by atoms with van der Waals surface area (Å²) in [7, 11) is 0. The van der Waals surface area contributed by atoms with Crippen LogP contribution in [0.15, 0.2) is 36.5 Å². The Bertz CT molecular complexity index is 1570. The number of allylic oxidation sites excluding steroid dienone is 5. The van der Waals surface area contributed by atoms with Gasteiger partial charge in [0.25, 0.3) is 0 Å². The largest absolute Gasteiger partial charge is 0.394 e. The Balaban J connectivity index is 1.52. The summed E-state index contributed by atoms with van der Waals surface area (Å²) in [4.78, 5) is 13.3. The molecule has 0 aromatic heterocycles. The van der Waals surface area contributed by atoms with Crippen LogP contribution in [0, 0.1) is 0 Å². The second-order valence-corrected chi connectivity index (χ2v) is 21.8. The molecule has 3 rings (SSSR count). The first kappa shape index (κ1) is 70.3. The second kappa shape index (κ2) is 42.8. The maximum atomic E-state index is 13.3. The van der Waals surface area contributed by atoms with Crippen molar-refractivity contribution in [1.82, 2.24) is 5.32 Å². The highest BCUT2D eigenvalue weighted by Gasteiger charge is 2.53. The molecule has 3 aliphatic rings. The predicted octanol–water partition coefficient (Wildman–Crippen LogP) is 5.32. The molecular weight excluding hydrogens is 1010 g/mol. The van der Waals surface area contributed by atoms with Gasteiger partial charge in [-0.2, -0.15) is 0 Å². The minimum Gasteiger partial charge on any atom is -0.394 e. The van der Waals surface area contributed by atoms with E-state index < -0.39 is 124 Å². The van der Waals surface area contributed by atoms with Gasteiger partial charge >= 0.3 is 0 Å². The Morgan fingerprint density at radius 2 is 0.821 bits per heavy atom. The topological polar surface area (TPSA) is 307 Å². The Morgan fingerprint density at radius 3 is 1.28 bits per heavy atom. The van der Waals surface area contributed by atoms with Gasteiger partial charge in [-0.05, 0) is 44.9 Å². The van der Waals surface area contributed by atoms with Crippen LogP contribution in [-0.2, 0) is 33.2 Å². The van der Waals surface area contributed by atoms with Gasteiger partial charge in [-0.3, -0.25) is 4.79 Å². The number of nitrogens with one attached hydrogen (secondary N) is 1. The first-order valence-corrected chi connectivity index (χ1v) is 30.2. The van der Waals surface area contributed by atoms with Crippen LogP contribution in [0.5, 0.6) is 0 Å². The summed E-state index contributed by atoms with van der Waals surface area (Å²) in [6.45, 7) is 1.68. The van der Waals surface area contributed by atoms with Crippen LogP contribution in [-0.4, -0.2) is 193 Å². The molecule has 456 valence electrons. The molecule has 0 saturated carbocycles. The van der Waals surface area contributed by atoms with Crippen molar-refractivity contribution >= 4 is 5.91 Å². The molecule has 19 nitrogen and oxygen atoms in total. The van der Waals surface area contributed by atoms with E-state index in [0.29, 0.717) is 12.8 Å². The number of rotatable bonds is 44. The summed E-state index contributed by atoms with van der Waals surface area (Å²) in [6.07, 6.45) is 18.4. The minimum absolute atomic E-state index is 0.235. The van der Waals surface area contributed by atoms with E-state index in [2.05, 4.69) is 43.5 Å². The predicted molar refractivity (Wildman–Crippen MR) is 296 cm³/mol. The van der Waals surface area contributed by atoms with Crippen LogP contribution in [0.3, 0.4) is 0 Å². The van der Waals surface area contributed by atoms with Crippen molar-refractivity contribution in [3.63, 3.8) is 0 Å². The summed E-state index contributed by atoms with van der Waals surface area (Å²) in [5, 5.41) is 120. The Labute approximate surface area is 466 Å². The third-order valence-electron chi connectivity index (χ3n) is 15.2. The van der Waals surface area contributed by atoms with E-state index in [9.17, 15) is 61.0 Å². The molecule has 0 aliphatic carbocycles. The maximum absolute atomic E-state index is 13.3. The van der Waals surface area contributed by atoms with E-state index in [4.69, 9.17) is 28.4 Å². The molecule has 3 fully saturated rings. The maximum Gasteiger partial charge on any atom is 0.220 e. The third kappa shape index (κ3) is 26.5. The lowest BCUT2D eigenvalue weighted by atomic mass is 9.96. The summed E-state index contributed by atoms with van der Waals surface area (Å²) in [5.74, 6) is -0.289. The van der Waals surface area contributed by atoms with Crippen molar-refractivity contribution in [3.05, 3.63) is 36.5 Å². The minimum atomic E-state index is -1.98.